The van der Waals surface area contributed by atoms with Gasteiger partial charge >= 0.3 is 0 Å². The fraction of sp³-hybridized carbons (Fsp3) is 0.765. The van der Waals surface area contributed by atoms with E-state index in [0.717, 1.165) is 36.9 Å². The van der Waals surface area contributed by atoms with E-state index in [1.807, 2.05) is 0 Å². The topological polar surface area (TPSA) is 42.4 Å². The Kier molecular flexibility index (Phi) is 4.92. The lowest BCUT2D eigenvalue weighted by atomic mass is 9.75. The number of hydrogen-bond donors (Lipinski definition) is 1. The number of rotatable bonds is 4. The van der Waals surface area contributed by atoms with Crippen molar-refractivity contribution in [1.82, 2.24) is 4.90 Å². The van der Waals surface area contributed by atoms with Gasteiger partial charge in [0.05, 0.1) is 6.04 Å². The summed E-state index contributed by atoms with van der Waals surface area (Å²) < 4.78 is 5.91. The van der Waals surface area contributed by atoms with E-state index in [9.17, 15) is 0 Å². The van der Waals surface area contributed by atoms with Crippen molar-refractivity contribution in [1.29, 1.82) is 0 Å². The Bertz CT molecular complexity index is 411. The summed E-state index contributed by atoms with van der Waals surface area (Å²) in [5.41, 5.74) is 6.43. The van der Waals surface area contributed by atoms with E-state index >= 15 is 0 Å². The lowest BCUT2D eigenvalue weighted by molar-refractivity contribution is 0.0769. The third-order valence-electron chi connectivity index (χ3n) is 4.78. The van der Waals surface area contributed by atoms with Gasteiger partial charge in [0.2, 0.25) is 0 Å². The molecule has 0 amide bonds. The maximum absolute atomic E-state index is 6.01. The van der Waals surface area contributed by atoms with Crippen molar-refractivity contribution >= 4 is 0 Å². The van der Waals surface area contributed by atoms with Gasteiger partial charge in [-0.15, -0.1) is 0 Å². The molecule has 2 N–H and O–H groups in total. The third kappa shape index (κ3) is 3.44. The van der Waals surface area contributed by atoms with Crippen LogP contribution in [0.1, 0.15) is 58.1 Å². The molecule has 2 heterocycles. The van der Waals surface area contributed by atoms with E-state index in [0.29, 0.717) is 12.0 Å². The summed E-state index contributed by atoms with van der Waals surface area (Å²) >= 11 is 0. The summed E-state index contributed by atoms with van der Waals surface area (Å²) in [4.78, 5) is 2.50. The summed E-state index contributed by atoms with van der Waals surface area (Å²) in [6, 6.07) is 4.43. The van der Waals surface area contributed by atoms with Gasteiger partial charge in [0.15, 0.2) is 0 Å². The minimum Gasteiger partial charge on any atom is -0.464 e. The summed E-state index contributed by atoms with van der Waals surface area (Å²) in [5, 5.41) is 0. The summed E-state index contributed by atoms with van der Waals surface area (Å²) in [7, 11) is 0. The molecule has 1 aromatic rings. The first-order valence-corrected chi connectivity index (χ1v) is 7.98. The van der Waals surface area contributed by atoms with Crippen LogP contribution in [0.25, 0.3) is 0 Å². The second-order valence-electron chi connectivity index (χ2n) is 7.09. The average molecular weight is 278 g/mol. The van der Waals surface area contributed by atoms with Gasteiger partial charge in [-0.2, -0.15) is 0 Å². The van der Waals surface area contributed by atoms with Gasteiger partial charge in [-0.05, 0) is 49.4 Å². The Hall–Kier alpha value is -0.800. The number of aryl methyl sites for hydroxylation is 1. The predicted molar refractivity (Wildman–Crippen MR) is 83.6 cm³/mol. The molecule has 0 bridgehead atoms. The highest BCUT2D eigenvalue weighted by Crippen LogP contribution is 2.36. The molecule has 3 nitrogen and oxygen atoms in total. The van der Waals surface area contributed by atoms with Crippen molar-refractivity contribution in [3.63, 3.8) is 0 Å². The summed E-state index contributed by atoms with van der Waals surface area (Å²) in [6.07, 6.45) is 3.48. The standard InChI is InChI=1S/C17H30N2O/c1-5-14-6-7-16(20-14)15(12-18)19-10-8-13(9-11-19)17(2,3)4/h6-7,13,15H,5,8-12,18H2,1-4H3. The molecule has 0 aliphatic carbocycles. The van der Waals surface area contributed by atoms with Crippen molar-refractivity contribution in [3.8, 4) is 0 Å². The van der Waals surface area contributed by atoms with Crippen LogP contribution < -0.4 is 5.73 Å². The Morgan fingerprint density at radius 2 is 1.95 bits per heavy atom. The highest BCUT2D eigenvalue weighted by molar-refractivity contribution is 5.11. The fourth-order valence-corrected chi connectivity index (χ4v) is 3.29. The van der Waals surface area contributed by atoms with Crippen LogP contribution in [-0.2, 0) is 6.42 Å². The van der Waals surface area contributed by atoms with Gasteiger partial charge in [-0.25, -0.2) is 0 Å². The molecule has 1 saturated heterocycles. The van der Waals surface area contributed by atoms with E-state index in [2.05, 4.69) is 44.7 Å². The van der Waals surface area contributed by atoms with Crippen LogP contribution in [0, 0.1) is 11.3 Å². The number of likely N-dealkylation sites (tertiary alicyclic amines) is 1. The molecular weight excluding hydrogens is 248 g/mol. The number of piperidine rings is 1. The molecule has 3 heteroatoms. The van der Waals surface area contributed by atoms with Gasteiger partial charge < -0.3 is 10.2 Å². The Balaban J connectivity index is 2.00. The zero-order valence-electron chi connectivity index (χ0n) is 13.5. The van der Waals surface area contributed by atoms with Crippen molar-refractivity contribution in [2.24, 2.45) is 17.1 Å². The third-order valence-corrected chi connectivity index (χ3v) is 4.78. The van der Waals surface area contributed by atoms with Gasteiger partial charge in [0.25, 0.3) is 0 Å². The Morgan fingerprint density at radius 3 is 2.40 bits per heavy atom. The minimum absolute atomic E-state index is 0.246. The molecule has 0 spiro atoms. The molecular formula is C17H30N2O. The maximum Gasteiger partial charge on any atom is 0.122 e. The first kappa shape index (κ1) is 15.6. The van der Waals surface area contributed by atoms with Crippen LogP contribution in [0.3, 0.4) is 0 Å². The van der Waals surface area contributed by atoms with Gasteiger partial charge in [-0.3, -0.25) is 4.90 Å². The van der Waals surface area contributed by atoms with E-state index in [-0.39, 0.29) is 6.04 Å². The largest absolute Gasteiger partial charge is 0.464 e. The first-order chi connectivity index (χ1) is 9.45. The highest BCUT2D eigenvalue weighted by atomic mass is 16.3. The molecule has 1 unspecified atom stereocenters. The molecule has 1 aromatic heterocycles. The van der Waals surface area contributed by atoms with Crippen LogP contribution in [-0.4, -0.2) is 24.5 Å². The molecule has 0 radical (unpaired) electrons. The second-order valence-corrected chi connectivity index (χ2v) is 7.09. The monoisotopic (exact) mass is 278 g/mol. The molecule has 1 atom stereocenters. The average Bonchev–Trinajstić information content (AvgIpc) is 2.88. The minimum atomic E-state index is 0.246. The zero-order valence-corrected chi connectivity index (χ0v) is 13.5. The molecule has 114 valence electrons. The Morgan fingerprint density at radius 1 is 1.30 bits per heavy atom. The lowest BCUT2D eigenvalue weighted by Crippen LogP contribution is -2.42. The Labute approximate surface area is 123 Å². The maximum atomic E-state index is 6.01. The van der Waals surface area contributed by atoms with E-state index in [4.69, 9.17) is 10.2 Å². The van der Waals surface area contributed by atoms with Crippen LogP contribution in [0.15, 0.2) is 16.5 Å². The lowest BCUT2D eigenvalue weighted by Gasteiger charge is -2.41. The van der Waals surface area contributed by atoms with Gasteiger partial charge in [0, 0.05) is 13.0 Å². The van der Waals surface area contributed by atoms with Gasteiger partial charge in [0.1, 0.15) is 11.5 Å². The van der Waals surface area contributed by atoms with Crippen molar-refractivity contribution in [2.45, 2.75) is 53.0 Å². The van der Waals surface area contributed by atoms with E-state index in [1.165, 1.54) is 12.8 Å². The van der Waals surface area contributed by atoms with Crippen molar-refractivity contribution in [2.75, 3.05) is 19.6 Å². The SMILES string of the molecule is CCc1ccc(C(CN)N2CCC(C(C)(C)C)CC2)o1. The summed E-state index contributed by atoms with van der Waals surface area (Å²) in [5.74, 6) is 2.92. The number of nitrogens with zero attached hydrogens (tertiary/aromatic N) is 1. The number of hydrogen-bond acceptors (Lipinski definition) is 3. The number of nitrogens with two attached hydrogens (primary N) is 1. The van der Waals surface area contributed by atoms with Crippen molar-refractivity contribution in [3.05, 3.63) is 23.7 Å². The first-order valence-electron chi connectivity index (χ1n) is 7.98. The quantitative estimate of drug-likeness (QED) is 0.915. The summed E-state index contributed by atoms with van der Waals surface area (Å²) in [6.45, 7) is 12.1. The van der Waals surface area contributed by atoms with Gasteiger partial charge in [-0.1, -0.05) is 27.7 Å². The van der Waals surface area contributed by atoms with Crippen LogP contribution in [0.4, 0.5) is 0 Å². The molecule has 0 aromatic carbocycles. The molecule has 1 aliphatic heterocycles. The van der Waals surface area contributed by atoms with Crippen LogP contribution in [0.2, 0.25) is 0 Å². The molecule has 2 rings (SSSR count). The molecule has 20 heavy (non-hydrogen) atoms. The van der Waals surface area contributed by atoms with E-state index in [1.54, 1.807) is 0 Å². The second kappa shape index (κ2) is 6.31. The highest BCUT2D eigenvalue weighted by Gasteiger charge is 2.32. The van der Waals surface area contributed by atoms with Crippen molar-refractivity contribution < 1.29 is 4.42 Å². The molecule has 1 aliphatic rings. The number of furan rings is 1. The normalized spacial score (nSPS) is 20.2. The zero-order chi connectivity index (χ0) is 14.8. The molecule has 0 saturated carbocycles. The predicted octanol–water partition coefficient (Wildman–Crippen LogP) is 3.60. The molecule has 1 fully saturated rings. The van der Waals surface area contributed by atoms with Crippen LogP contribution in [0.5, 0.6) is 0 Å². The fourth-order valence-electron chi connectivity index (χ4n) is 3.29. The smallest absolute Gasteiger partial charge is 0.122 e. The van der Waals surface area contributed by atoms with E-state index < -0.39 is 0 Å². The van der Waals surface area contributed by atoms with Crippen LogP contribution >= 0.6 is 0 Å².